The Morgan fingerprint density at radius 2 is 1.85 bits per heavy atom. The van der Waals surface area contributed by atoms with Crippen molar-refractivity contribution in [2.24, 2.45) is 0 Å². The molecule has 1 aliphatic rings. The van der Waals surface area contributed by atoms with Crippen LogP contribution in [0.4, 0.5) is 0 Å². The number of para-hydroxylation sites is 1. The minimum Gasteiger partial charge on any atom is -0.293 e. The average Bonchev–Trinajstić information content (AvgIpc) is 2.94. The van der Waals surface area contributed by atoms with Crippen molar-refractivity contribution in [3.63, 3.8) is 0 Å². The van der Waals surface area contributed by atoms with Crippen LogP contribution < -0.4 is 0 Å². The van der Waals surface area contributed by atoms with Gasteiger partial charge in [-0.3, -0.25) is 19.7 Å². The third kappa shape index (κ3) is 3.38. The van der Waals surface area contributed by atoms with Crippen LogP contribution in [0.5, 0.6) is 0 Å². The summed E-state index contributed by atoms with van der Waals surface area (Å²) in [7, 11) is 0. The maximum Gasteiger partial charge on any atom is 0.266 e. The molecule has 1 amide bonds. The molecule has 1 saturated heterocycles. The van der Waals surface area contributed by atoms with Crippen molar-refractivity contribution in [3.8, 4) is 0 Å². The summed E-state index contributed by atoms with van der Waals surface area (Å²) in [5, 5.41) is 0. The molecule has 0 aliphatic carbocycles. The van der Waals surface area contributed by atoms with Crippen molar-refractivity contribution >= 4 is 51.3 Å². The highest BCUT2D eigenvalue weighted by Crippen LogP contribution is 2.33. The molecule has 2 heterocycles. The zero-order chi connectivity index (χ0) is 17.9. The number of thiocarbonyl (C=S) groups is 1. The monoisotopic (exact) mass is 377 g/mol. The first kappa shape index (κ1) is 16.9. The van der Waals surface area contributed by atoms with Gasteiger partial charge in [-0.1, -0.05) is 66.4 Å². The molecule has 128 valence electrons. The van der Waals surface area contributed by atoms with Gasteiger partial charge in [0.25, 0.3) is 5.91 Å². The van der Waals surface area contributed by atoms with Crippen molar-refractivity contribution in [2.75, 3.05) is 6.54 Å². The number of hydrogen-bond donors (Lipinski definition) is 0. The minimum atomic E-state index is -0.0446. The second kappa shape index (κ2) is 7.35. The maximum atomic E-state index is 12.8. The third-order valence-corrected chi connectivity index (χ3v) is 5.53. The van der Waals surface area contributed by atoms with Gasteiger partial charge in [0, 0.05) is 24.5 Å². The number of benzene rings is 2. The standard InChI is InChI=1S/C20H15N3OS2/c24-19-17(13-15-7-4-8-16-18(15)22-11-10-21-16)26-20(25)23(19)12-9-14-5-2-1-3-6-14/h1-8,10-11,13H,9,12H2/b17-13-. The molecule has 3 aromatic rings. The Morgan fingerprint density at radius 3 is 2.69 bits per heavy atom. The largest absolute Gasteiger partial charge is 0.293 e. The van der Waals surface area contributed by atoms with Gasteiger partial charge in [0.15, 0.2) is 0 Å². The number of carbonyl (C=O) groups excluding carboxylic acids is 1. The van der Waals surface area contributed by atoms with E-state index in [4.69, 9.17) is 12.2 Å². The average molecular weight is 377 g/mol. The number of fused-ring (bicyclic) bond motifs is 1. The molecule has 4 rings (SSSR count). The van der Waals surface area contributed by atoms with E-state index in [-0.39, 0.29) is 5.91 Å². The van der Waals surface area contributed by atoms with Crippen molar-refractivity contribution in [1.29, 1.82) is 0 Å². The number of carbonyl (C=O) groups is 1. The van der Waals surface area contributed by atoms with E-state index >= 15 is 0 Å². The van der Waals surface area contributed by atoms with E-state index in [0.29, 0.717) is 15.8 Å². The van der Waals surface area contributed by atoms with E-state index in [1.54, 1.807) is 17.3 Å². The summed E-state index contributed by atoms with van der Waals surface area (Å²) in [6, 6.07) is 15.9. The van der Waals surface area contributed by atoms with E-state index < -0.39 is 0 Å². The maximum absolute atomic E-state index is 12.8. The SMILES string of the molecule is O=C1/C(=C/c2cccc3nccnc23)SC(=S)N1CCc1ccccc1. The zero-order valence-electron chi connectivity index (χ0n) is 13.8. The first-order valence-electron chi connectivity index (χ1n) is 8.21. The predicted octanol–water partition coefficient (Wildman–Crippen LogP) is 4.07. The highest BCUT2D eigenvalue weighted by molar-refractivity contribution is 8.26. The lowest BCUT2D eigenvalue weighted by molar-refractivity contribution is -0.122. The number of amides is 1. The molecule has 0 atom stereocenters. The summed E-state index contributed by atoms with van der Waals surface area (Å²) >= 11 is 6.76. The smallest absolute Gasteiger partial charge is 0.266 e. The second-order valence-corrected chi connectivity index (χ2v) is 7.52. The fraction of sp³-hybridized carbons (Fsp3) is 0.100. The molecule has 0 saturated carbocycles. The van der Waals surface area contributed by atoms with E-state index in [0.717, 1.165) is 23.0 Å². The molecule has 0 radical (unpaired) electrons. The number of thioether (sulfide) groups is 1. The Labute approximate surface area is 161 Å². The molecule has 0 N–H and O–H groups in total. The van der Waals surface area contributed by atoms with E-state index in [1.165, 1.54) is 17.3 Å². The number of rotatable bonds is 4. The van der Waals surface area contributed by atoms with E-state index in [2.05, 4.69) is 22.1 Å². The molecule has 26 heavy (non-hydrogen) atoms. The summed E-state index contributed by atoms with van der Waals surface area (Å²) in [5.41, 5.74) is 3.65. The fourth-order valence-electron chi connectivity index (χ4n) is 2.85. The molecule has 6 heteroatoms. The molecular formula is C20H15N3OS2. The molecule has 1 fully saturated rings. The number of hydrogen-bond acceptors (Lipinski definition) is 5. The van der Waals surface area contributed by atoms with Crippen LogP contribution >= 0.6 is 24.0 Å². The Morgan fingerprint density at radius 1 is 1.04 bits per heavy atom. The van der Waals surface area contributed by atoms with Gasteiger partial charge < -0.3 is 0 Å². The molecule has 1 aromatic heterocycles. The van der Waals surface area contributed by atoms with Gasteiger partial charge in [0.05, 0.1) is 15.9 Å². The van der Waals surface area contributed by atoms with Crippen molar-refractivity contribution in [1.82, 2.24) is 14.9 Å². The van der Waals surface area contributed by atoms with E-state index in [9.17, 15) is 4.79 Å². The lowest BCUT2D eigenvalue weighted by Crippen LogP contribution is -2.30. The summed E-state index contributed by atoms with van der Waals surface area (Å²) in [6.07, 6.45) is 5.96. The summed E-state index contributed by atoms with van der Waals surface area (Å²) in [5.74, 6) is -0.0446. The van der Waals surface area contributed by atoms with Gasteiger partial charge in [-0.15, -0.1) is 0 Å². The molecule has 0 spiro atoms. The van der Waals surface area contributed by atoms with Crippen LogP contribution in [0.3, 0.4) is 0 Å². The van der Waals surface area contributed by atoms with Gasteiger partial charge in [-0.05, 0) is 24.1 Å². The quantitative estimate of drug-likeness (QED) is 0.507. The van der Waals surface area contributed by atoms with Gasteiger partial charge in [-0.25, -0.2) is 0 Å². The highest BCUT2D eigenvalue weighted by Gasteiger charge is 2.31. The number of aromatic nitrogens is 2. The molecular weight excluding hydrogens is 362 g/mol. The first-order valence-corrected chi connectivity index (χ1v) is 9.44. The van der Waals surface area contributed by atoms with Crippen LogP contribution in [0.1, 0.15) is 11.1 Å². The van der Waals surface area contributed by atoms with Crippen LogP contribution in [-0.2, 0) is 11.2 Å². The van der Waals surface area contributed by atoms with Crippen molar-refractivity contribution in [3.05, 3.63) is 77.0 Å². The molecule has 0 unspecified atom stereocenters. The summed E-state index contributed by atoms with van der Waals surface area (Å²) in [4.78, 5) is 23.8. The molecule has 2 aromatic carbocycles. The van der Waals surface area contributed by atoms with Gasteiger partial charge >= 0.3 is 0 Å². The minimum absolute atomic E-state index is 0.0446. The molecule has 0 bridgehead atoms. The lowest BCUT2D eigenvalue weighted by atomic mass is 10.1. The predicted molar refractivity (Wildman–Crippen MR) is 110 cm³/mol. The lowest BCUT2D eigenvalue weighted by Gasteiger charge is -2.14. The van der Waals surface area contributed by atoms with Crippen LogP contribution in [-0.4, -0.2) is 31.6 Å². The first-order chi connectivity index (χ1) is 12.7. The Balaban J connectivity index is 1.57. The second-order valence-electron chi connectivity index (χ2n) is 5.84. The fourth-order valence-corrected chi connectivity index (χ4v) is 4.15. The van der Waals surface area contributed by atoms with E-state index in [1.807, 2.05) is 42.5 Å². The van der Waals surface area contributed by atoms with Crippen LogP contribution in [0, 0.1) is 0 Å². The Hall–Kier alpha value is -2.57. The molecule has 4 nitrogen and oxygen atoms in total. The van der Waals surface area contributed by atoms with Gasteiger partial charge in [0.2, 0.25) is 0 Å². The van der Waals surface area contributed by atoms with Gasteiger partial charge in [0.1, 0.15) is 4.32 Å². The normalized spacial score (nSPS) is 16.0. The number of nitrogens with zero attached hydrogens (tertiary/aromatic N) is 3. The van der Waals surface area contributed by atoms with Crippen LogP contribution in [0.25, 0.3) is 17.1 Å². The topological polar surface area (TPSA) is 46.1 Å². The van der Waals surface area contributed by atoms with Crippen molar-refractivity contribution in [2.45, 2.75) is 6.42 Å². The van der Waals surface area contributed by atoms with Crippen LogP contribution in [0.15, 0.2) is 65.8 Å². The molecule has 1 aliphatic heterocycles. The summed E-state index contributed by atoms with van der Waals surface area (Å²) in [6.45, 7) is 0.585. The zero-order valence-corrected chi connectivity index (χ0v) is 15.5. The Kier molecular flexibility index (Phi) is 4.77. The van der Waals surface area contributed by atoms with Crippen LogP contribution in [0.2, 0.25) is 0 Å². The third-order valence-electron chi connectivity index (χ3n) is 4.16. The highest BCUT2D eigenvalue weighted by atomic mass is 32.2. The van der Waals surface area contributed by atoms with Crippen molar-refractivity contribution < 1.29 is 4.79 Å². The Bertz CT molecular complexity index is 1010. The van der Waals surface area contributed by atoms with Gasteiger partial charge in [-0.2, -0.15) is 0 Å². The summed E-state index contributed by atoms with van der Waals surface area (Å²) < 4.78 is 0.600.